The number of hydrogen-bond acceptors (Lipinski definition) is 1. The monoisotopic (exact) mass is 441 g/mol. The Kier molecular flexibility index (Phi) is 9.25. The maximum Gasteiger partial charge on any atom is 0.251 e. The van der Waals surface area contributed by atoms with Gasteiger partial charge in [-0.2, -0.15) is 0 Å². The molecule has 2 fully saturated rings. The van der Waals surface area contributed by atoms with Crippen molar-refractivity contribution in [3.63, 3.8) is 0 Å². The normalized spacial score (nSPS) is 27.1. The van der Waals surface area contributed by atoms with Gasteiger partial charge in [-0.25, -0.2) is 0 Å². The van der Waals surface area contributed by atoms with Crippen LogP contribution >= 0.6 is 0 Å². The summed E-state index contributed by atoms with van der Waals surface area (Å²) in [5.74, 6) is 2.99. The highest BCUT2D eigenvalue weighted by Gasteiger charge is 2.31. The van der Waals surface area contributed by atoms with E-state index in [-0.39, 0.29) is 5.91 Å². The number of benzene rings is 1. The molecule has 2 nitrogen and oxygen atoms in total. The van der Waals surface area contributed by atoms with E-state index in [0.29, 0.717) is 6.04 Å². The minimum Gasteiger partial charge on any atom is -0.349 e. The molecule has 0 radical (unpaired) electrons. The lowest BCUT2D eigenvalue weighted by Gasteiger charge is -2.38. The number of nitrogens with one attached hydrogen (secondary N) is 1. The maximum atomic E-state index is 12.8. The van der Waals surface area contributed by atoms with E-state index in [1.807, 2.05) is 0 Å². The zero-order chi connectivity index (χ0) is 22.3. The summed E-state index contributed by atoms with van der Waals surface area (Å²) in [5.41, 5.74) is 0.834. The molecule has 0 saturated heterocycles. The highest BCUT2D eigenvalue weighted by atomic mass is 28.3. The van der Waals surface area contributed by atoms with Crippen molar-refractivity contribution in [1.29, 1.82) is 0 Å². The zero-order valence-electron chi connectivity index (χ0n) is 20.7. The van der Waals surface area contributed by atoms with Crippen molar-refractivity contribution in [2.45, 2.75) is 116 Å². The molecular weight excluding hydrogens is 394 g/mol. The van der Waals surface area contributed by atoms with Gasteiger partial charge in [-0.3, -0.25) is 4.79 Å². The van der Waals surface area contributed by atoms with Crippen LogP contribution in [0.25, 0.3) is 0 Å². The Bertz CT molecular complexity index is 667. The molecule has 1 amide bonds. The van der Waals surface area contributed by atoms with E-state index in [1.54, 1.807) is 0 Å². The predicted octanol–water partition coefficient (Wildman–Crippen LogP) is 7.30. The van der Waals surface area contributed by atoms with Crippen LogP contribution in [-0.2, 0) is 0 Å². The third-order valence-corrected chi connectivity index (χ3v) is 11.9. The fraction of sp³-hybridized carbons (Fsp3) is 0.750. The Balaban J connectivity index is 1.44. The summed E-state index contributed by atoms with van der Waals surface area (Å²) in [6, 6.07) is 10.3. The number of unbranched alkanes of at least 4 members (excludes halogenated alkanes) is 1. The smallest absolute Gasteiger partial charge is 0.251 e. The summed E-state index contributed by atoms with van der Waals surface area (Å²) in [6.45, 7) is 9.49. The Morgan fingerprint density at radius 1 is 0.871 bits per heavy atom. The molecule has 0 heterocycles. The van der Waals surface area contributed by atoms with Gasteiger partial charge < -0.3 is 5.32 Å². The molecule has 1 aromatic rings. The molecule has 0 bridgehead atoms. The SMILES string of the molecule is CCCC[Si](C)(C)c1ccc(C(=O)N[C@H]2CC[C@H](C3CCC(CCC)CC3)CC2)cc1. The number of carbonyl (C=O) groups is 1. The largest absolute Gasteiger partial charge is 0.349 e. The first-order valence-electron chi connectivity index (χ1n) is 13.3. The van der Waals surface area contributed by atoms with E-state index in [2.05, 4.69) is 56.5 Å². The second kappa shape index (κ2) is 11.7. The quantitative estimate of drug-likeness (QED) is 0.400. The van der Waals surface area contributed by atoms with Crippen LogP contribution in [-0.4, -0.2) is 20.0 Å². The van der Waals surface area contributed by atoms with Gasteiger partial charge in [-0.1, -0.05) is 88.8 Å². The lowest BCUT2D eigenvalue weighted by Crippen LogP contribution is -2.41. The molecular formula is C28H47NOSi. The molecule has 2 saturated carbocycles. The minimum atomic E-state index is -1.37. The Morgan fingerprint density at radius 3 is 2.00 bits per heavy atom. The van der Waals surface area contributed by atoms with E-state index >= 15 is 0 Å². The standard InChI is InChI=1S/C28H47NOSi/c1-5-7-21-31(3,4)27-19-15-25(16-20-27)28(30)29-26-17-13-24(14-18-26)23-11-9-22(8-6-2)10-12-23/h15-16,19-20,22-24,26H,5-14,17-18,21H2,1-4H3,(H,29,30)/t22?,23?,24-,26-. The Hall–Kier alpha value is -1.09. The molecule has 0 spiro atoms. The van der Waals surface area contributed by atoms with Crippen molar-refractivity contribution in [3.8, 4) is 0 Å². The lowest BCUT2D eigenvalue weighted by atomic mass is 9.69. The first kappa shape index (κ1) is 24.5. The van der Waals surface area contributed by atoms with Crippen LogP contribution in [0, 0.1) is 17.8 Å². The van der Waals surface area contributed by atoms with Gasteiger partial charge in [0, 0.05) is 11.6 Å². The minimum absolute atomic E-state index is 0.128. The third-order valence-electron chi connectivity index (χ3n) is 8.45. The summed E-state index contributed by atoms with van der Waals surface area (Å²) in [7, 11) is -1.37. The number of hydrogen-bond donors (Lipinski definition) is 1. The predicted molar refractivity (Wildman–Crippen MR) is 137 cm³/mol. The molecule has 3 rings (SSSR count). The van der Waals surface area contributed by atoms with E-state index in [9.17, 15) is 4.79 Å². The molecule has 1 N–H and O–H groups in total. The van der Waals surface area contributed by atoms with Gasteiger partial charge in [-0.05, 0) is 68.4 Å². The lowest BCUT2D eigenvalue weighted by molar-refractivity contribution is 0.0905. The first-order chi connectivity index (χ1) is 14.9. The highest BCUT2D eigenvalue weighted by molar-refractivity contribution is 6.89. The van der Waals surface area contributed by atoms with Crippen molar-refractivity contribution in [2.24, 2.45) is 17.8 Å². The molecule has 2 aliphatic rings. The van der Waals surface area contributed by atoms with Crippen LogP contribution < -0.4 is 10.5 Å². The van der Waals surface area contributed by atoms with Crippen molar-refractivity contribution in [2.75, 3.05) is 0 Å². The second-order valence-electron chi connectivity index (χ2n) is 11.2. The highest BCUT2D eigenvalue weighted by Crippen LogP contribution is 2.41. The van der Waals surface area contributed by atoms with Crippen molar-refractivity contribution in [1.82, 2.24) is 5.32 Å². The average molecular weight is 442 g/mol. The average Bonchev–Trinajstić information content (AvgIpc) is 2.79. The summed E-state index contributed by atoms with van der Waals surface area (Å²) < 4.78 is 0. The first-order valence-corrected chi connectivity index (χ1v) is 16.5. The van der Waals surface area contributed by atoms with Gasteiger partial charge in [0.25, 0.3) is 5.91 Å². The zero-order valence-corrected chi connectivity index (χ0v) is 21.7. The van der Waals surface area contributed by atoms with Crippen LogP contribution in [0.5, 0.6) is 0 Å². The van der Waals surface area contributed by atoms with E-state index in [1.165, 1.54) is 88.3 Å². The van der Waals surface area contributed by atoms with Gasteiger partial charge in [0.05, 0.1) is 8.07 Å². The topological polar surface area (TPSA) is 29.1 Å². The number of amides is 1. The van der Waals surface area contributed by atoms with Crippen LogP contribution in [0.1, 0.15) is 101 Å². The molecule has 31 heavy (non-hydrogen) atoms. The second-order valence-corrected chi connectivity index (χ2v) is 16.1. The molecule has 2 aliphatic carbocycles. The summed E-state index contributed by atoms with van der Waals surface area (Å²) in [6.07, 6.45) is 16.1. The van der Waals surface area contributed by atoms with Crippen LogP contribution in [0.2, 0.25) is 19.1 Å². The third kappa shape index (κ3) is 6.94. The van der Waals surface area contributed by atoms with E-state index in [0.717, 1.165) is 23.3 Å². The molecule has 3 heteroatoms. The maximum absolute atomic E-state index is 12.8. The molecule has 174 valence electrons. The fourth-order valence-corrected chi connectivity index (χ4v) is 8.79. The van der Waals surface area contributed by atoms with Gasteiger partial charge in [0.2, 0.25) is 0 Å². The molecule has 0 atom stereocenters. The number of carbonyl (C=O) groups excluding carboxylic acids is 1. The fourth-order valence-electron chi connectivity index (χ4n) is 6.20. The van der Waals surface area contributed by atoms with Crippen molar-refractivity contribution < 1.29 is 4.79 Å². The van der Waals surface area contributed by atoms with Crippen molar-refractivity contribution in [3.05, 3.63) is 29.8 Å². The van der Waals surface area contributed by atoms with Gasteiger partial charge in [-0.15, -0.1) is 0 Å². The van der Waals surface area contributed by atoms with E-state index < -0.39 is 8.07 Å². The summed E-state index contributed by atoms with van der Waals surface area (Å²) >= 11 is 0. The molecule has 0 unspecified atom stereocenters. The van der Waals surface area contributed by atoms with E-state index in [4.69, 9.17) is 0 Å². The molecule has 0 aliphatic heterocycles. The molecule has 0 aromatic heterocycles. The van der Waals surface area contributed by atoms with Gasteiger partial charge >= 0.3 is 0 Å². The molecule has 1 aromatic carbocycles. The van der Waals surface area contributed by atoms with Crippen molar-refractivity contribution >= 4 is 19.2 Å². The van der Waals surface area contributed by atoms with Gasteiger partial charge in [0.15, 0.2) is 0 Å². The number of rotatable bonds is 9. The van der Waals surface area contributed by atoms with Crippen LogP contribution in [0.3, 0.4) is 0 Å². The van der Waals surface area contributed by atoms with Gasteiger partial charge in [0.1, 0.15) is 0 Å². The summed E-state index contributed by atoms with van der Waals surface area (Å²) in [4.78, 5) is 12.8. The van der Waals surface area contributed by atoms with Crippen LogP contribution in [0.15, 0.2) is 24.3 Å². The Labute approximate surface area is 193 Å². The summed E-state index contributed by atoms with van der Waals surface area (Å²) in [5, 5.41) is 4.83. The van der Waals surface area contributed by atoms with Crippen LogP contribution in [0.4, 0.5) is 0 Å². The Morgan fingerprint density at radius 2 is 1.45 bits per heavy atom.